The van der Waals surface area contributed by atoms with Gasteiger partial charge in [0.25, 0.3) is 5.91 Å². The molecule has 1 saturated carbocycles. The second-order valence-corrected chi connectivity index (χ2v) is 14.7. The summed E-state index contributed by atoms with van der Waals surface area (Å²) in [5.41, 5.74) is 1.63. The number of urea groups is 1. The van der Waals surface area contributed by atoms with Crippen LogP contribution in [0.25, 0.3) is 0 Å². The molecule has 2 heterocycles. The molecule has 2 aliphatic carbocycles. The lowest BCUT2D eigenvalue weighted by Crippen LogP contribution is -2.59. The van der Waals surface area contributed by atoms with Crippen LogP contribution >= 0.6 is 0 Å². The van der Waals surface area contributed by atoms with E-state index in [-0.39, 0.29) is 30.7 Å². The number of carbonyl (C=O) groups is 5. The molecule has 6 atom stereocenters. The Morgan fingerprint density at radius 3 is 2.47 bits per heavy atom. The topological polar surface area (TPSA) is 174 Å². The summed E-state index contributed by atoms with van der Waals surface area (Å²) in [5.74, 6) is -2.72. The maximum Gasteiger partial charge on any atom is 0.315 e. The number of likely N-dealkylation sites (tertiary alicyclic amines) is 1. The van der Waals surface area contributed by atoms with Gasteiger partial charge in [-0.3, -0.25) is 19.2 Å². The lowest BCUT2D eigenvalue weighted by atomic mass is 9.92. The summed E-state index contributed by atoms with van der Waals surface area (Å²) in [4.78, 5) is 67.6. The highest BCUT2D eigenvalue weighted by atomic mass is 32.2. The van der Waals surface area contributed by atoms with Gasteiger partial charge in [0.15, 0.2) is 0 Å². The Balaban J connectivity index is 1.49. The molecule has 4 rings (SSSR count). The third kappa shape index (κ3) is 8.13. The number of fused-ring (bicyclic) bond motifs is 1. The van der Waals surface area contributed by atoms with Gasteiger partial charge in [-0.2, -0.15) is 4.31 Å². The van der Waals surface area contributed by atoms with Crippen LogP contribution in [-0.2, 0) is 29.2 Å². The van der Waals surface area contributed by atoms with Crippen molar-refractivity contribution in [3.05, 3.63) is 23.8 Å². The lowest BCUT2D eigenvalue weighted by Gasteiger charge is -2.33. The second-order valence-electron chi connectivity index (χ2n) is 12.6. The van der Waals surface area contributed by atoms with Crippen molar-refractivity contribution in [3.8, 4) is 0 Å². The van der Waals surface area contributed by atoms with Crippen molar-refractivity contribution in [2.45, 2.75) is 95.8 Å². The molecule has 5 amide bonds. The molecule has 0 aromatic carbocycles. The third-order valence-corrected chi connectivity index (χ3v) is 11.2. The molecule has 13 nitrogen and oxygen atoms in total. The average Bonchev–Trinajstić information content (AvgIpc) is 3.44. The third-order valence-electron chi connectivity index (χ3n) is 9.31. The highest BCUT2D eigenvalue weighted by molar-refractivity contribution is 7.89. The minimum absolute atomic E-state index is 0.0604. The van der Waals surface area contributed by atoms with E-state index in [1.807, 2.05) is 13.0 Å². The normalized spacial score (nSPS) is 26.0. The number of Topliss-reactive ketones (excluding diaryl/α,β-unsaturated/α-hetero) is 1. The molecule has 250 valence electrons. The highest BCUT2D eigenvalue weighted by Crippen LogP contribution is 2.54. The van der Waals surface area contributed by atoms with Gasteiger partial charge < -0.3 is 26.2 Å². The van der Waals surface area contributed by atoms with Crippen LogP contribution in [0.4, 0.5) is 4.79 Å². The van der Waals surface area contributed by atoms with E-state index in [1.165, 1.54) is 16.3 Å². The largest absolute Gasteiger partial charge is 0.353 e. The molecule has 0 spiro atoms. The molecule has 1 unspecified atom stereocenters. The maximum atomic E-state index is 14.2. The summed E-state index contributed by atoms with van der Waals surface area (Å²) in [6, 6.07) is -4.07. The smallest absolute Gasteiger partial charge is 0.315 e. The molecule has 0 aromatic heterocycles. The minimum atomic E-state index is -3.36. The number of amides is 5. The Hall–Kier alpha value is -3.26. The zero-order valence-electron chi connectivity index (χ0n) is 26.6. The molecule has 4 N–H and O–H groups in total. The van der Waals surface area contributed by atoms with Gasteiger partial charge in [-0.05, 0) is 57.4 Å². The Morgan fingerprint density at radius 1 is 1.07 bits per heavy atom. The number of sulfonamides is 1. The predicted octanol–water partition coefficient (Wildman–Crippen LogP) is 0.972. The maximum absolute atomic E-state index is 14.2. The predicted molar refractivity (Wildman–Crippen MR) is 168 cm³/mol. The van der Waals surface area contributed by atoms with E-state index in [0.29, 0.717) is 32.2 Å². The van der Waals surface area contributed by atoms with Crippen LogP contribution in [0, 0.1) is 11.8 Å². The van der Waals surface area contributed by atoms with Crippen LogP contribution in [-0.4, -0.2) is 104 Å². The number of rotatable bonds is 13. The standard InChI is InChI=1S/C31H48N6O7S/c1-5-6-14-23(27(38)29(40)32-4)34-28(39)26-24-20(3)22(24)18-37(26)30(41)25(21-12-8-7-9-13-21)35-31(42)33-19(2)17-36-15-10-11-16-45(36,43)44/h12,19,22-26H,3,5-11,13-18H2,1-2,4H3,(H,32,40)(H,34,39)(H2,33,35,42)/t19-,22+,23?,24-,25-,26-/m0/s1. The second kappa shape index (κ2) is 14.9. The summed E-state index contributed by atoms with van der Waals surface area (Å²) in [7, 11) is -2.01. The number of likely N-dealkylation sites (N-methyl/N-ethyl adjacent to an activating group) is 1. The number of piperidine rings is 1. The van der Waals surface area contributed by atoms with Crippen molar-refractivity contribution in [1.82, 2.24) is 30.5 Å². The zero-order chi connectivity index (χ0) is 32.9. The monoisotopic (exact) mass is 648 g/mol. The van der Waals surface area contributed by atoms with Crippen LogP contribution in [0.2, 0.25) is 0 Å². The molecule has 2 saturated heterocycles. The van der Waals surface area contributed by atoms with Crippen molar-refractivity contribution in [2.24, 2.45) is 11.8 Å². The highest BCUT2D eigenvalue weighted by Gasteiger charge is 2.61. The SMILES string of the molecule is C=C1[C@H]2[C@@H]1CN(C(=O)[C@@H](NC(=O)N[C@@H](C)CN1CCCCS1(=O)=O)C1=CCCCC1)[C@@H]2C(=O)NC(CCCC)C(=O)C(=O)NC. The van der Waals surface area contributed by atoms with E-state index in [2.05, 4.69) is 27.8 Å². The molecule has 0 bridgehead atoms. The van der Waals surface area contributed by atoms with Crippen LogP contribution in [0.1, 0.15) is 71.6 Å². The first-order valence-corrected chi connectivity index (χ1v) is 17.8. The zero-order valence-corrected chi connectivity index (χ0v) is 27.4. The van der Waals surface area contributed by atoms with Crippen molar-refractivity contribution in [1.29, 1.82) is 0 Å². The molecular formula is C31H48N6O7S. The van der Waals surface area contributed by atoms with Crippen molar-refractivity contribution in [3.63, 3.8) is 0 Å². The van der Waals surface area contributed by atoms with Crippen molar-refractivity contribution < 1.29 is 32.4 Å². The van der Waals surface area contributed by atoms with E-state index < -0.39 is 63.7 Å². The first-order valence-electron chi connectivity index (χ1n) is 16.2. The van der Waals surface area contributed by atoms with Gasteiger partial charge in [0.05, 0.1) is 11.8 Å². The number of ketones is 1. The van der Waals surface area contributed by atoms with Crippen LogP contribution in [0.5, 0.6) is 0 Å². The molecule has 4 aliphatic rings. The summed E-state index contributed by atoms with van der Waals surface area (Å²) in [6.07, 6.45) is 8.22. The van der Waals surface area contributed by atoms with E-state index in [0.717, 1.165) is 43.3 Å². The van der Waals surface area contributed by atoms with Crippen LogP contribution < -0.4 is 21.3 Å². The fourth-order valence-electron chi connectivity index (χ4n) is 6.72. The first-order chi connectivity index (χ1) is 21.4. The van der Waals surface area contributed by atoms with Gasteiger partial charge in [-0.1, -0.05) is 38.0 Å². The molecule has 3 fully saturated rings. The molecule has 0 radical (unpaired) electrons. The van der Waals surface area contributed by atoms with Crippen LogP contribution in [0.3, 0.4) is 0 Å². The van der Waals surface area contributed by atoms with Crippen molar-refractivity contribution >= 4 is 39.6 Å². The molecular weight excluding hydrogens is 600 g/mol. The van der Waals surface area contributed by atoms with E-state index in [9.17, 15) is 32.4 Å². The number of hydrogen-bond donors (Lipinski definition) is 4. The Labute approximate surface area is 266 Å². The number of unbranched alkanes of at least 4 members (excludes halogenated alkanes) is 1. The summed E-state index contributed by atoms with van der Waals surface area (Å²) in [6.45, 7) is 8.53. The molecule has 0 aromatic rings. The van der Waals surface area contributed by atoms with Gasteiger partial charge >= 0.3 is 6.03 Å². The summed E-state index contributed by atoms with van der Waals surface area (Å²) in [5, 5.41) is 10.7. The lowest BCUT2D eigenvalue weighted by molar-refractivity contribution is -0.143. The van der Waals surface area contributed by atoms with E-state index >= 15 is 0 Å². The van der Waals surface area contributed by atoms with Crippen molar-refractivity contribution in [2.75, 3.05) is 32.4 Å². The molecule has 2 aliphatic heterocycles. The van der Waals surface area contributed by atoms with Gasteiger partial charge in [-0.15, -0.1) is 0 Å². The number of nitrogens with one attached hydrogen (secondary N) is 4. The number of allylic oxidation sites excluding steroid dienone is 1. The summed E-state index contributed by atoms with van der Waals surface area (Å²) >= 11 is 0. The van der Waals surface area contributed by atoms with E-state index in [1.54, 1.807) is 6.92 Å². The minimum Gasteiger partial charge on any atom is -0.353 e. The number of carbonyl (C=O) groups excluding carboxylic acids is 5. The van der Waals surface area contributed by atoms with Gasteiger partial charge in [-0.25, -0.2) is 13.2 Å². The van der Waals surface area contributed by atoms with E-state index in [4.69, 9.17) is 0 Å². The van der Waals surface area contributed by atoms with Gasteiger partial charge in [0, 0.05) is 44.6 Å². The number of hydrogen-bond acceptors (Lipinski definition) is 7. The molecule has 14 heteroatoms. The Morgan fingerprint density at radius 2 is 1.82 bits per heavy atom. The van der Waals surface area contributed by atoms with Gasteiger partial charge in [0.2, 0.25) is 27.6 Å². The van der Waals surface area contributed by atoms with Gasteiger partial charge in [0.1, 0.15) is 12.1 Å². The average molecular weight is 649 g/mol. The van der Waals surface area contributed by atoms with Crippen LogP contribution in [0.15, 0.2) is 23.8 Å². The number of nitrogens with zero attached hydrogens (tertiary/aromatic N) is 2. The fraction of sp³-hybridized carbons (Fsp3) is 0.710. The summed E-state index contributed by atoms with van der Waals surface area (Å²) < 4.78 is 26.3. The Kier molecular flexibility index (Phi) is 11.5. The fourth-order valence-corrected chi connectivity index (χ4v) is 8.40. The first kappa shape index (κ1) is 34.6. The Bertz CT molecular complexity index is 1330. The molecule has 45 heavy (non-hydrogen) atoms. The quantitative estimate of drug-likeness (QED) is 0.170.